The largest absolute Gasteiger partial charge is 0.384 e. The molecule has 0 aliphatic rings. The first-order chi connectivity index (χ1) is 5.86. The lowest BCUT2D eigenvalue weighted by Gasteiger charge is -2.04. The lowest BCUT2D eigenvalue weighted by molar-refractivity contribution is 1.22. The van der Waals surface area contributed by atoms with E-state index >= 15 is 0 Å². The molecule has 0 bridgehead atoms. The van der Waals surface area contributed by atoms with Crippen LogP contribution < -0.4 is 5.32 Å². The molecule has 0 amide bonds. The van der Waals surface area contributed by atoms with Gasteiger partial charge in [0.15, 0.2) is 0 Å². The van der Waals surface area contributed by atoms with Crippen molar-refractivity contribution in [3.8, 4) is 0 Å². The van der Waals surface area contributed by atoms with Crippen LogP contribution in [0.2, 0.25) is 0 Å². The van der Waals surface area contributed by atoms with Gasteiger partial charge in [0.1, 0.15) is 0 Å². The van der Waals surface area contributed by atoms with Crippen LogP contribution in [0.4, 0.5) is 5.69 Å². The second kappa shape index (κ2) is 5.38. The quantitative estimate of drug-likeness (QED) is 0.571. The van der Waals surface area contributed by atoms with E-state index in [1.165, 1.54) is 10.6 Å². The van der Waals surface area contributed by atoms with Crippen molar-refractivity contribution in [1.82, 2.24) is 0 Å². The minimum atomic E-state index is 0.865. The number of benzene rings is 1. The van der Waals surface area contributed by atoms with E-state index in [-0.39, 0.29) is 0 Å². The Kier molecular flexibility index (Phi) is 4.40. The Morgan fingerprint density at radius 2 is 2.33 bits per heavy atom. The zero-order chi connectivity index (χ0) is 8.81. The van der Waals surface area contributed by atoms with E-state index in [1.807, 2.05) is 0 Å². The van der Waals surface area contributed by atoms with Crippen molar-refractivity contribution < 1.29 is 0 Å². The third-order valence-electron chi connectivity index (χ3n) is 1.51. The van der Waals surface area contributed by atoms with Crippen molar-refractivity contribution in [2.45, 2.75) is 4.90 Å². The van der Waals surface area contributed by atoms with Gasteiger partial charge < -0.3 is 5.32 Å². The molecule has 1 rings (SSSR count). The number of hydrogen-bond donors (Lipinski definition) is 2. The molecule has 0 aliphatic heterocycles. The van der Waals surface area contributed by atoms with Crippen LogP contribution in [0.25, 0.3) is 0 Å². The molecule has 0 saturated carbocycles. The summed E-state index contributed by atoms with van der Waals surface area (Å²) in [6.07, 6.45) is 2.08. The summed E-state index contributed by atoms with van der Waals surface area (Å²) < 4.78 is 0. The summed E-state index contributed by atoms with van der Waals surface area (Å²) in [5, 5.41) is 3.28. The van der Waals surface area contributed by atoms with E-state index in [0.717, 1.165) is 12.3 Å². The van der Waals surface area contributed by atoms with E-state index in [4.69, 9.17) is 0 Å². The van der Waals surface area contributed by atoms with Crippen LogP contribution in [-0.2, 0) is 0 Å². The van der Waals surface area contributed by atoms with Crippen LogP contribution in [0.15, 0.2) is 29.2 Å². The zero-order valence-electron chi connectivity index (χ0n) is 7.08. The van der Waals surface area contributed by atoms with Gasteiger partial charge in [0.25, 0.3) is 0 Å². The van der Waals surface area contributed by atoms with Crippen LogP contribution in [0.5, 0.6) is 0 Å². The minimum Gasteiger partial charge on any atom is -0.384 e. The van der Waals surface area contributed by atoms with Gasteiger partial charge in [-0.25, -0.2) is 0 Å². The Morgan fingerprint density at radius 3 is 3.00 bits per heavy atom. The lowest BCUT2D eigenvalue weighted by Crippen LogP contribution is -2.01. The molecule has 1 aromatic carbocycles. The Labute approximate surface area is 83.4 Å². The molecule has 1 nitrogen and oxygen atoms in total. The van der Waals surface area contributed by atoms with Crippen molar-refractivity contribution >= 4 is 30.1 Å². The lowest BCUT2D eigenvalue weighted by atomic mass is 10.3. The second-order valence-electron chi connectivity index (χ2n) is 2.38. The molecule has 0 unspecified atom stereocenters. The highest BCUT2D eigenvalue weighted by molar-refractivity contribution is 7.98. The molecular formula is C9H13NS2. The SMILES string of the molecule is CSc1cccc(NCCS)c1. The first kappa shape index (κ1) is 9.81. The molecule has 0 radical (unpaired) electrons. The molecule has 0 aliphatic carbocycles. The fraction of sp³-hybridized carbons (Fsp3) is 0.333. The van der Waals surface area contributed by atoms with Gasteiger partial charge in [-0.1, -0.05) is 6.07 Å². The molecule has 0 aromatic heterocycles. The molecule has 0 spiro atoms. The topological polar surface area (TPSA) is 12.0 Å². The second-order valence-corrected chi connectivity index (χ2v) is 3.71. The van der Waals surface area contributed by atoms with Crippen LogP contribution >= 0.6 is 24.4 Å². The number of thioether (sulfide) groups is 1. The van der Waals surface area contributed by atoms with Gasteiger partial charge in [-0.15, -0.1) is 11.8 Å². The summed E-state index contributed by atoms with van der Waals surface area (Å²) in [5.74, 6) is 0.865. The fourth-order valence-electron chi connectivity index (χ4n) is 0.933. The summed E-state index contributed by atoms with van der Waals surface area (Å²) >= 11 is 5.89. The van der Waals surface area contributed by atoms with E-state index in [2.05, 4.69) is 48.5 Å². The fourth-order valence-corrected chi connectivity index (χ4v) is 1.50. The maximum Gasteiger partial charge on any atom is 0.0351 e. The smallest absolute Gasteiger partial charge is 0.0351 e. The third kappa shape index (κ3) is 2.99. The molecule has 66 valence electrons. The van der Waals surface area contributed by atoms with Crippen molar-refractivity contribution in [3.05, 3.63) is 24.3 Å². The predicted molar refractivity (Wildman–Crippen MR) is 60.6 cm³/mol. The highest BCUT2D eigenvalue weighted by atomic mass is 32.2. The first-order valence-electron chi connectivity index (χ1n) is 3.85. The van der Waals surface area contributed by atoms with E-state index < -0.39 is 0 Å². The van der Waals surface area contributed by atoms with E-state index in [9.17, 15) is 0 Å². The third-order valence-corrected chi connectivity index (χ3v) is 2.46. The van der Waals surface area contributed by atoms with E-state index in [0.29, 0.717) is 0 Å². The first-order valence-corrected chi connectivity index (χ1v) is 5.71. The van der Waals surface area contributed by atoms with Gasteiger partial charge in [-0.3, -0.25) is 0 Å². The Balaban J connectivity index is 2.60. The summed E-state index contributed by atoms with van der Waals surface area (Å²) in [6.45, 7) is 0.918. The number of rotatable bonds is 4. The highest BCUT2D eigenvalue weighted by Crippen LogP contribution is 2.18. The number of anilines is 1. The molecule has 3 heteroatoms. The molecule has 0 atom stereocenters. The number of thiol groups is 1. The molecule has 0 fully saturated rings. The Hall–Kier alpha value is -0.280. The van der Waals surface area contributed by atoms with Crippen LogP contribution in [0, 0.1) is 0 Å². The summed E-state index contributed by atoms with van der Waals surface area (Å²) in [5.41, 5.74) is 1.18. The molecule has 1 N–H and O–H groups in total. The van der Waals surface area contributed by atoms with Crippen LogP contribution in [0.1, 0.15) is 0 Å². The van der Waals surface area contributed by atoms with E-state index in [1.54, 1.807) is 11.8 Å². The normalized spacial score (nSPS) is 9.83. The highest BCUT2D eigenvalue weighted by Gasteiger charge is 1.92. The average Bonchev–Trinajstić information content (AvgIpc) is 2.15. The van der Waals surface area contributed by atoms with Crippen molar-refractivity contribution in [2.24, 2.45) is 0 Å². The molecule has 12 heavy (non-hydrogen) atoms. The summed E-state index contributed by atoms with van der Waals surface area (Å²) in [6, 6.07) is 8.39. The van der Waals surface area contributed by atoms with Crippen molar-refractivity contribution in [1.29, 1.82) is 0 Å². The van der Waals surface area contributed by atoms with Gasteiger partial charge in [-0.05, 0) is 24.5 Å². The maximum absolute atomic E-state index is 4.13. The summed E-state index contributed by atoms with van der Waals surface area (Å²) in [7, 11) is 0. The van der Waals surface area contributed by atoms with Gasteiger partial charge in [0.05, 0.1) is 0 Å². The van der Waals surface area contributed by atoms with Crippen molar-refractivity contribution in [2.75, 3.05) is 23.9 Å². The molecule has 0 saturated heterocycles. The van der Waals surface area contributed by atoms with Gasteiger partial charge >= 0.3 is 0 Å². The van der Waals surface area contributed by atoms with Crippen LogP contribution in [-0.4, -0.2) is 18.6 Å². The summed E-state index contributed by atoms with van der Waals surface area (Å²) in [4.78, 5) is 1.29. The standard InChI is InChI=1S/C9H13NS2/c1-12-9-4-2-3-8(7-9)10-5-6-11/h2-4,7,10-11H,5-6H2,1H3. The van der Waals surface area contributed by atoms with Gasteiger partial charge in [-0.2, -0.15) is 12.6 Å². The average molecular weight is 199 g/mol. The predicted octanol–water partition coefficient (Wildman–Crippen LogP) is 2.75. The van der Waals surface area contributed by atoms with Crippen molar-refractivity contribution in [3.63, 3.8) is 0 Å². The molecular weight excluding hydrogens is 186 g/mol. The number of hydrogen-bond acceptors (Lipinski definition) is 3. The minimum absolute atomic E-state index is 0.865. The molecule has 0 heterocycles. The molecule has 1 aromatic rings. The maximum atomic E-state index is 4.13. The van der Waals surface area contributed by atoms with Gasteiger partial charge in [0.2, 0.25) is 0 Å². The Morgan fingerprint density at radius 1 is 1.50 bits per heavy atom. The Bertz CT molecular complexity index is 238. The van der Waals surface area contributed by atoms with Gasteiger partial charge in [0, 0.05) is 22.9 Å². The monoisotopic (exact) mass is 199 g/mol. The van der Waals surface area contributed by atoms with Crippen LogP contribution in [0.3, 0.4) is 0 Å². The number of nitrogens with one attached hydrogen (secondary N) is 1. The zero-order valence-corrected chi connectivity index (χ0v) is 8.79.